The van der Waals surface area contributed by atoms with Crippen LogP contribution in [0, 0.1) is 0 Å². The Hall–Kier alpha value is -0.500. The monoisotopic (exact) mass is 290 g/mol. The highest BCUT2D eigenvalue weighted by Gasteiger charge is 2.29. The van der Waals surface area contributed by atoms with Crippen molar-refractivity contribution in [2.75, 3.05) is 21.0 Å². The summed E-state index contributed by atoms with van der Waals surface area (Å²) in [7, 11) is 3.50. The third-order valence-corrected chi connectivity index (χ3v) is 5.32. The van der Waals surface area contributed by atoms with Gasteiger partial charge in [-0.25, -0.2) is 0 Å². The summed E-state index contributed by atoms with van der Waals surface area (Å²) in [6.45, 7) is 4.44. The predicted molar refractivity (Wildman–Crippen MR) is 77.3 cm³/mol. The van der Waals surface area contributed by atoms with Crippen LogP contribution in [0.4, 0.5) is 0 Å². The Labute approximate surface area is 115 Å². The first kappa shape index (κ1) is 15.6. The lowest BCUT2D eigenvalue weighted by Gasteiger charge is -2.28. The molecule has 0 saturated heterocycles. The van der Waals surface area contributed by atoms with Crippen LogP contribution in [-0.4, -0.2) is 21.0 Å². The summed E-state index contributed by atoms with van der Waals surface area (Å²) in [6.07, 6.45) is 0.936. The maximum Gasteiger partial charge on any atom is 0.188 e. The Morgan fingerprint density at radius 1 is 1.33 bits per heavy atom. The van der Waals surface area contributed by atoms with E-state index in [9.17, 15) is 0 Å². The summed E-state index contributed by atoms with van der Waals surface area (Å²) in [5.41, 5.74) is 1.06. The fourth-order valence-electron chi connectivity index (χ4n) is 1.69. The van der Waals surface area contributed by atoms with Crippen LogP contribution in [0.1, 0.15) is 25.8 Å². The molecule has 0 heterocycles. The van der Waals surface area contributed by atoms with Crippen molar-refractivity contribution < 1.29 is 14.2 Å². The van der Waals surface area contributed by atoms with Crippen molar-refractivity contribution in [1.29, 1.82) is 0 Å². The van der Waals surface area contributed by atoms with Crippen LogP contribution in [0.25, 0.3) is 0 Å². The first-order valence-corrected chi connectivity index (χ1v) is 7.81. The summed E-state index contributed by atoms with van der Waals surface area (Å²) in [5.74, 6) is 1.43. The molecule has 0 N–H and O–H groups in total. The second kappa shape index (κ2) is 7.18. The summed E-state index contributed by atoms with van der Waals surface area (Å²) in [6, 6.07) is 5.87. The van der Waals surface area contributed by atoms with E-state index in [0.717, 1.165) is 17.7 Å². The topological polar surface area (TPSA) is 27.7 Å². The van der Waals surface area contributed by atoms with Crippen molar-refractivity contribution in [3.63, 3.8) is 0 Å². The zero-order valence-corrected chi connectivity index (χ0v) is 13.0. The Kier molecular flexibility index (Phi) is 6.20. The molecule has 0 spiro atoms. The number of hydrogen-bond acceptors (Lipinski definition) is 3. The predicted octanol–water partition coefficient (Wildman–Crippen LogP) is 4.14. The molecule has 1 aromatic carbocycles. The quantitative estimate of drug-likeness (QED) is 0.558. The zero-order valence-electron chi connectivity index (χ0n) is 11.2. The number of rotatable bonds is 7. The van der Waals surface area contributed by atoms with Gasteiger partial charge in [-0.2, -0.15) is 0 Å². The van der Waals surface area contributed by atoms with Crippen molar-refractivity contribution >= 4 is 19.2 Å². The number of para-hydroxylation sites is 1. The van der Waals surface area contributed by atoms with Crippen molar-refractivity contribution in [3.05, 3.63) is 23.8 Å². The molecule has 3 nitrogen and oxygen atoms in total. The molecular formula is C13H20ClO3P. The van der Waals surface area contributed by atoms with Gasteiger partial charge in [0.1, 0.15) is 0 Å². The third kappa shape index (κ3) is 3.28. The lowest BCUT2D eigenvalue weighted by atomic mass is 9.96. The maximum absolute atomic E-state index is 6.15. The molecule has 1 aromatic rings. The molecule has 0 amide bonds. The Morgan fingerprint density at radius 3 is 2.56 bits per heavy atom. The minimum absolute atomic E-state index is 0.112. The largest absolute Gasteiger partial charge is 0.493 e. The number of ether oxygens (including phenoxy) is 3. The molecule has 2 unspecified atom stereocenters. The highest BCUT2D eigenvalue weighted by molar-refractivity contribution is 7.69. The van der Waals surface area contributed by atoms with Crippen LogP contribution in [0.15, 0.2) is 18.2 Å². The van der Waals surface area contributed by atoms with E-state index >= 15 is 0 Å². The smallest absolute Gasteiger partial charge is 0.188 e. The van der Waals surface area contributed by atoms with Crippen LogP contribution in [-0.2, 0) is 9.89 Å². The van der Waals surface area contributed by atoms with Crippen molar-refractivity contribution in [1.82, 2.24) is 0 Å². The molecule has 0 bridgehead atoms. The molecule has 0 radical (unpaired) electrons. The van der Waals surface area contributed by atoms with Crippen molar-refractivity contribution in [3.8, 4) is 11.5 Å². The summed E-state index contributed by atoms with van der Waals surface area (Å²) in [5, 5.41) is -0.112. The molecule has 18 heavy (non-hydrogen) atoms. The van der Waals surface area contributed by atoms with Gasteiger partial charge >= 0.3 is 0 Å². The molecule has 0 saturated carbocycles. The third-order valence-electron chi connectivity index (χ3n) is 3.03. The SMILES string of the molecule is CCC(C)(PCl)c1cccc(OC)c1OCOC. The Morgan fingerprint density at radius 2 is 2.06 bits per heavy atom. The van der Waals surface area contributed by atoms with E-state index in [1.165, 1.54) is 0 Å². The van der Waals surface area contributed by atoms with Gasteiger partial charge in [-0.3, -0.25) is 0 Å². The summed E-state index contributed by atoms with van der Waals surface area (Å²) < 4.78 is 16.0. The molecule has 0 aliphatic rings. The van der Waals surface area contributed by atoms with Gasteiger partial charge in [0, 0.05) is 17.8 Å². The molecule has 5 heteroatoms. The lowest BCUT2D eigenvalue weighted by Crippen LogP contribution is -2.16. The first-order valence-electron chi connectivity index (χ1n) is 5.80. The van der Waals surface area contributed by atoms with Gasteiger partial charge in [-0.05, 0) is 20.4 Å². The lowest BCUT2D eigenvalue weighted by molar-refractivity contribution is 0.0480. The fraction of sp³-hybridized carbons (Fsp3) is 0.538. The van der Waals surface area contributed by atoms with E-state index in [1.54, 1.807) is 14.2 Å². The molecular weight excluding hydrogens is 271 g/mol. The van der Waals surface area contributed by atoms with Gasteiger partial charge < -0.3 is 14.2 Å². The van der Waals surface area contributed by atoms with E-state index in [0.29, 0.717) is 5.75 Å². The average molecular weight is 291 g/mol. The van der Waals surface area contributed by atoms with Gasteiger partial charge in [0.15, 0.2) is 18.3 Å². The molecule has 0 fully saturated rings. The number of hydrogen-bond donors (Lipinski definition) is 0. The summed E-state index contributed by atoms with van der Waals surface area (Å²) >= 11 is 6.15. The van der Waals surface area contributed by atoms with E-state index in [2.05, 4.69) is 13.8 Å². The standard InChI is InChI=1S/C13H20ClO3P/c1-5-13(2,18-14)10-7-6-8-11(16-4)12(10)17-9-15-3/h6-8,18H,5,9H2,1-4H3. The van der Waals surface area contributed by atoms with Gasteiger partial charge in [0.05, 0.1) is 7.11 Å². The Bertz CT molecular complexity index is 380. The Balaban J connectivity index is 3.24. The summed E-state index contributed by atoms with van der Waals surface area (Å²) in [4.78, 5) is 0. The number of halogens is 1. The van der Waals surface area contributed by atoms with Crippen LogP contribution < -0.4 is 9.47 Å². The van der Waals surface area contributed by atoms with Gasteiger partial charge in [0.25, 0.3) is 0 Å². The molecule has 0 aromatic heterocycles. The van der Waals surface area contributed by atoms with Crippen molar-refractivity contribution in [2.24, 2.45) is 0 Å². The van der Waals surface area contributed by atoms with Crippen LogP contribution in [0.2, 0.25) is 0 Å². The number of methoxy groups -OCH3 is 2. The number of benzene rings is 1. The molecule has 102 valence electrons. The van der Waals surface area contributed by atoms with Crippen LogP contribution >= 0.6 is 19.2 Å². The van der Waals surface area contributed by atoms with Gasteiger partial charge in [-0.1, -0.05) is 37.2 Å². The van der Waals surface area contributed by atoms with Crippen LogP contribution in [0.3, 0.4) is 0 Å². The minimum Gasteiger partial charge on any atom is -0.493 e. The second-order valence-corrected chi connectivity index (χ2v) is 6.03. The van der Waals surface area contributed by atoms with E-state index in [4.69, 9.17) is 25.5 Å². The van der Waals surface area contributed by atoms with Gasteiger partial charge in [-0.15, -0.1) is 0 Å². The molecule has 1 rings (SSSR count). The highest BCUT2D eigenvalue weighted by Crippen LogP contribution is 2.51. The average Bonchev–Trinajstić information content (AvgIpc) is 2.43. The van der Waals surface area contributed by atoms with E-state index in [1.807, 2.05) is 18.2 Å². The minimum atomic E-state index is -0.112. The zero-order chi connectivity index (χ0) is 13.6. The fourth-order valence-corrected chi connectivity index (χ4v) is 2.82. The van der Waals surface area contributed by atoms with Gasteiger partial charge in [0.2, 0.25) is 0 Å². The highest BCUT2D eigenvalue weighted by atomic mass is 35.7. The first-order chi connectivity index (χ1) is 8.62. The molecule has 0 aliphatic heterocycles. The van der Waals surface area contributed by atoms with Crippen molar-refractivity contribution in [2.45, 2.75) is 25.4 Å². The van der Waals surface area contributed by atoms with Crippen LogP contribution in [0.5, 0.6) is 11.5 Å². The normalized spacial score (nSPS) is 14.7. The molecule has 2 atom stereocenters. The van der Waals surface area contributed by atoms with E-state index < -0.39 is 0 Å². The maximum atomic E-state index is 6.15. The second-order valence-electron chi connectivity index (χ2n) is 4.17. The molecule has 0 aliphatic carbocycles. The van der Waals surface area contributed by atoms with E-state index in [-0.39, 0.29) is 19.9 Å².